The molecule has 2 aromatic heterocycles. The molecule has 5 nitrogen and oxygen atoms in total. The van der Waals surface area contributed by atoms with Crippen LogP contribution in [0.5, 0.6) is 0 Å². The molecule has 0 aromatic carbocycles. The maximum absolute atomic E-state index is 12.0. The van der Waals surface area contributed by atoms with Gasteiger partial charge >= 0.3 is 0 Å². The Morgan fingerprint density at radius 2 is 2.29 bits per heavy atom. The lowest BCUT2D eigenvalue weighted by atomic mass is 10.1. The van der Waals surface area contributed by atoms with Crippen molar-refractivity contribution in [3.63, 3.8) is 0 Å². The topological polar surface area (TPSA) is 64.8 Å². The van der Waals surface area contributed by atoms with Crippen LogP contribution in [0.2, 0.25) is 0 Å². The molecule has 0 fully saturated rings. The molecule has 7 heteroatoms. The number of H-pyrrole nitrogens is 2. The number of thiazole rings is 1. The third-order valence-corrected chi connectivity index (χ3v) is 5.04. The molecule has 0 saturated heterocycles. The number of hydrogen-bond acceptors (Lipinski definition) is 5. The van der Waals surface area contributed by atoms with Crippen molar-refractivity contribution >= 4 is 23.6 Å². The van der Waals surface area contributed by atoms with Gasteiger partial charge in [0.25, 0.3) is 5.56 Å². The molecular formula is C14H18N4OS2. The second-order valence-corrected chi connectivity index (χ2v) is 6.96. The van der Waals surface area contributed by atoms with Gasteiger partial charge < -0.3 is 4.98 Å². The third kappa shape index (κ3) is 3.14. The molecule has 1 aliphatic rings. The average Bonchev–Trinajstić information content (AvgIpc) is 2.88. The molecule has 2 aromatic rings. The molecule has 0 saturated carbocycles. The lowest BCUT2D eigenvalue weighted by Gasteiger charge is -2.27. The van der Waals surface area contributed by atoms with Gasteiger partial charge in [0, 0.05) is 43.0 Å². The number of nitrogens with one attached hydrogen (secondary N) is 2. The van der Waals surface area contributed by atoms with Gasteiger partial charge in [-0.25, -0.2) is 4.98 Å². The molecule has 3 heterocycles. The highest BCUT2D eigenvalue weighted by Gasteiger charge is 2.20. The zero-order chi connectivity index (χ0) is 15.0. The van der Waals surface area contributed by atoms with Gasteiger partial charge in [-0.15, -0.1) is 11.3 Å². The Morgan fingerprint density at radius 3 is 3.00 bits per heavy atom. The fourth-order valence-electron chi connectivity index (χ4n) is 2.54. The van der Waals surface area contributed by atoms with E-state index in [4.69, 9.17) is 12.2 Å². The van der Waals surface area contributed by atoms with Gasteiger partial charge in [0.2, 0.25) is 0 Å². The summed E-state index contributed by atoms with van der Waals surface area (Å²) < 4.78 is 0.410. The van der Waals surface area contributed by atoms with Gasteiger partial charge in [-0.2, -0.15) is 0 Å². The predicted molar refractivity (Wildman–Crippen MR) is 86.3 cm³/mol. The normalized spacial score (nSPS) is 15.4. The Kier molecular flexibility index (Phi) is 4.05. The van der Waals surface area contributed by atoms with E-state index >= 15 is 0 Å². The molecule has 3 rings (SSSR count). The van der Waals surface area contributed by atoms with Gasteiger partial charge in [-0.05, 0) is 12.2 Å². The van der Waals surface area contributed by atoms with Gasteiger partial charge in [-0.3, -0.25) is 14.7 Å². The van der Waals surface area contributed by atoms with Crippen molar-refractivity contribution in [3.8, 4) is 0 Å². The van der Waals surface area contributed by atoms with E-state index < -0.39 is 0 Å². The van der Waals surface area contributed by atoms with E-state index in [9.17, 15) is 4.79 Å². The van der Waals surface area contributed by atoms with Crippen LogP contribution >= 0.6 is 23.6 Å². The first-order valence-electron chi connectivity index (χ1n) is 7.04. The summed E-state index contributed by atoms with van der Waals surface area (Å²) >= 11 is 6.72. The zero-order valence-electron chi connectivity index (χ0n) is 12.1. The van der Waals surface area contributed by atoms with Crippen molar-refractivity contribution in [2.24, 2.45) is 0 Å². The average molecular weight is 322 g/mol. The van der Waals surface area contributed by atoms with Crippen molar-refractivity contribution < 1.29 is 0 Å². The summed E-state index contributed by atoms with van der Waals surface area (Å²) in [5, 5.41) is 3.29. The van der Waals surface area contributed by atoms with Crippen LogP contribution in [0.15, 0.2) is 10.2 Å². The predicted octanol–water partition coefficient (Wildman–Crippen LogP) is 2.57. The highest BCUT2D eigenvalue weighted by Crippen LogP contribution is 2.21. The van der Waals surface area contributed by atoms with Crippen LogP contribution < -0.4 is 5.56 Å². The summed E-state index contributed by atoms with van der Waals surface area (Å²) in [6.07, 6.45) is 0.823. The highest BCUT2D eigenvalue weighted by atomic mass is 32.1. The van der Waals surface area contributed by atoms with Gasteiger partial charge in [0.05, 0.1) is 16.3 Å². The van der Waals surface area contributed by atoms with E-state index in [2.05, 4.69) is 39.1 Å². The molecule has 21 heavy (non-hydrogen) atoms. The number of nitrogens with zero attached hydrogens (tertiary/aromatic N) is 2. The fourth-order valence-corrected chi connectivity index (χ4v) is 3.58. The molecule has 0 aliphatic carbocycles. The van der Waals surface area contributed by atoms with E-state index in [0.29, 0.717) is 17.2 Å². The standard InChI is InChI=1S/C14H18N4OS2/c1-8(2)13-15-9(7-21-13)5-18-4-3-11-10(6-18)12(19)17-14(20)16-11/h7-8H,3-6H2,1-2H3,(H2,16,17,19,20). The Morgan fingerprint density at radius 1 is 1.48 bits per heavy atom. The summed E-state index contributed by atoms with van der Waals surface area (Å²) in [6.45, 7) is 6.66. The maximum Gasteiger partial charge on any atom is 0.256 e. The molecule has 0 bridgehead atoms. The lowest BCUT2D eigenvalue weighted by Crippen LogP contribution is -2.35. The summed E-state index contributed by atoms with van der Waals surface area (Å²) in [5.74, 6) is 0.466. The van der Waals surface area contributed by atoms with Crippen LogP contribution in [0.1, 0.15) is 41.7 Å². The molecule has 0 radical (unpaired) electrons. The van der Waals surface area contributed by atoms with E-state index in [-0.39, 0.29) is 5.56 Å². The Hall–Kier alpha value is -1.31. The smallest absolute Gasteiger partial charge is 0.256 e. The van der Waals surface area contributed by atoms with Crippen LogP contribution in [0.25, 0.3) is 0 Å². The molecule has 0 spiro atoms. The second-order valence-electron chi connectivity index (χ2n) is 5.66. The minimum atomic E-state index is -0.0698. The largest absolute Gasteiger partial charge is 0.335 e. The summed E-state index contributed by atoms with van der Waals surface area (Å²) in [5.41, 5.74) is 2.79. The second kappa shape index (κ2) is 5.82. The first kappa shape index (κ1) is 14.6. The van der Waals surface area contributed by atoms with Crippen LogP contribution in [-0.2, 0) is 19.5 Å². The quantitative estimate of drug-likeness (QED) is 0.853. The molecule has 0 amide bonds. The molecule has 2 N–H and O–H groups in total. The summed E-state index contributed by atoms with van der Waals surface area (Å²) in [7, 11) is 0. The van der Waals surface area contributed by atoms with E-state index in [1.165, 1.54) is 5.01 Å². The van der Waals surface area contributed by atoms with Crippen LogP contribution in [0, 0.1) is 4.77 Å². The molecule has 0 unspecified atom stereocenters. The van der Waals surface area contributed by atoms with Crippen molar-refractivity contribution in [2.45, 2.75) is 39.3 Å². The first-order chi connectivity index (χ1) is 10.0. The van der Waals surface area contributed by atoms with Crippen molar-refractivity contribution in [1.29, 1.82) is 0 Å². The van der Waals surface area contributed by atoms with Crippen LogP contribution in [0.4, 0.5) is 0 Å². The van der Waals surface area contributed by atoms with E-state index in [1.54, 1.807) is 11.3 Å². The van der Waals surface area contributed by atoms with Gasteiger partial charge in [0.15, 0.2) is 4.77 Å². The SMILES string of the molecule is CC(C)c1nc(CN2CCc3[nH]c(=S)[nH]c(=O)c3C2)cs1. The molecule has 1 aliphatic heterocycles. The maximum atomic E-state index is 12.0. The van der Waals surface area contributed by atoms with Crippen molar-refractivity contribution in [2.75, 3.05) is 6.54 Å². The van der Waals surface area contributed by atoms with E-state index in [1.807, 2.05) is 0 Å². The Balaban J connectivity index is 1.77. The summed E-state index contributed by atoms with van der Waals surface area (Å²) in [4.78, 5) is 24.7. The minimum absolute atomic E-state index is 0.0698. The Bertz CT molecular complexity index is 759. The molecular weight excluding hydrogens is 304 g/mol. The number of hydrogen-bond donors (Lipinski definition) is 2. The van der Waals surface area contributed by atoms with E-state index in [0.717, 1.165) is 36.5 Å². The monoisotopic (exact) mass is 322 g/mol. The van der Waals surface area contributed by atoms with Gasteiger partial charge in [-0.1, -0.05) is 13.8 Å². The van der Waals surface area contributed by atoms with Gasteiger partial charge in [0.1, 0.15) is 0 Å². The fraction of sp³-hybridized carbons (Fsp3) is 0.500. The summed E-state index contributed by atoms with van der Waals surface area (Å²) in [6, 6.07) is 0. The minimum Gasteiger partial charge on any atom is -0.335 e. The number of fused-ring (bicyclic) bond motifs is 1. The van der Waals surface area contributed by atoms with Crippen molar-refractivity contribution in [3.05, 3.63) is 42.5 Å². The molecule has 0 atom stereocenters. The molecule has 112 valence electrons. The van der Waals surface area contributed by atoms with Crippen molar-refractivity contribution in [1.82, 2.24) is 19.9 Å². The first-order valence-corrected chi connectivity index (χ1v) is 8.32. The Labute approximate surface area is 132 Å². The number of aromatic nitrogens is 3. The highest BCUT2D eigenvalue weighted by molar-refractivity contribution is 7.71. The third-order valence-electron chi connectivity index (χ3n) is 3.64. The van der Waals surface area contributed by atoms with Crippen LogP contribution in [0.3, 0.4) is 0 Å². The zero-order valence-corrected chi connectivity index (χ0v) is 13.7. The number of rotatable bonds is 3. The van der Waals surface area contributed by atoms with Crippen LogP contribution in [-0.4, -0.2) is 26.4 Å². The lowest BCUT2D eigenvalue weighted by molar-refractivity contribution is 0.239. The number of aromatic amines is 2.